The van der Waals surface area contributed by atoms with E-state index in [-0.39, 0.29) is 23.5 Å². The van der Waals surface area contributed by atoms with Gasteiger partial charge >= 0.3 is 12.1 Å². The van der Waals surface area contributed by atoms with Crippen molar-refractivity contribution in [1.82, 2.24) is 15.0 Å². The molecule has 3 aromatic heterocycles. The van der Waals surface area contributed by atoms with Gasteiger partial charge in [-0.2, -0.15) is 13.2 Å². The highest BCUT2D eigenvalue weighted by atomic mass is 35.5. The van der Waals surface area contributed by atoms with Crippen molar-refractivity contribution < 1.29 is 28.2 Å². The Morgan fingerprint density at radius 2 is 1.86 bits per heavy atom. The second-order valence-electron chi connectivity index (χ2n) is 8.67. The van der Waals surface area contributed by atoms with Gasteiger partial charge in [0.25, 0.3) is 0 Å². The molecule has 1 unspecified atom stereocenters. The third kappa shape index (κ3) is 5.74. The van der Waals surface area contributed by atoms with E-state index in [9.17, 15) is 28.2 Å². The van der Waals surface area contributed by atoms with Gasteiger partial charge in [0.05, 0.1) is 22.1 Å². The molecule has 0 aliphatic heterocycles. The van der Waals surface area contributed by atoms with Crippen molar-refractivity contribution in [2.45, 2.75) is 44.4 Å². The number of alkyl halides is 3. The maximum atomic E-state index is 13.0. The molecule has 186 valence electrons. The van der Waals surface area contributed by atoms with Crippen molar-refractivity contribution in [3.63, 3.8) is 0 Å². The van der Waals surface area contributed by atoms with Crippen molar-refractivity contribution in [3.8, 4) is 10.6 Å². The van der Waals surface area contributed by atoms with Crippen LogP contribution in [0.3, 0.4) is 0 Å². The first-order valence-corrected chi connectivity index (χ1v) is 12.0. The summed E-state index contributed by atoms with van der Waals surface area (Å²) in [5.41, 5.74) is -1.65. The molecule has 1 atom stereocenters. The van der Waals surface area contributed by atoms with Gasteiger partial charge < -0.3 is 15.5 Å². The Labute approximate surface area is 208 Å². The average Bonchev–Trinajstić information content (AvgIpc) is 3.30. The summed E-state index contributed by atoms with van der Waals surface area (Å²) in [6.07, 6.45) is 0.264. The van der Waals surface area contributed by atoms with Crippen molar-refractivity contribution >= 4 is 40.5 Å². The summed E-state index contributed by atoms with van der Waals surface area (Å²) in [5, 5.41) is 24.0. The first kappa shape index (κ1) is 25.3. The highest BCUT2D eigenvalue weighted by Gasteiger charge is 2.40. The Bertz CT molecular complexity index is 1230. The van der Waals surface area contributed by atoms with E-state index < -0.39 is 23.3 Å². The van der Waals surface area contributed by atoms with E-state index in [1.54, 1.807) is 19.2 Å². The fourth-order valence-corrected chi connectivity index (χ4v) is 5.41. The van der Waals surface area contributed by atoms with Crippen LogP contribution in [-0.4, -0.2) is 31.1 Å². The molecule has 1 aliphatic carbocycles. The van der Waals surface area contributed by atoms with Crippen LogP contribution in [0.2, 0.25) is 5.02 Å². The standard InChI is InChI=1S/C23H22ClF3N4O3S/c1-22(34,13-4-2-12(3-5-13)20(32)33)21-29-11-17(35-21)16-9-15(24)10-19(30-16)31-18-8-14(6-7-28-18)23(25,26)27/h6-13,34H,2-5H2,1H3,(H,32,33)(H,28,30,31). The number of carboxylic acid groups (broad SMARTS) is 1. The summed E-state index contributed by atoms with van der Waals surface area (Å²) < 4.78 is 39.0. The number of halogens is 4. The third-order valence-electron chi connectivity index (χ3n) is 6.20. The van der Waals surface area contributed by atoms with E-state index in [0.29, 0.717) is 46.3 Å². The fraction of sp³-hybridized carbons (Fsp3) is 0.391. The highest BCUT2D eigenvalue weighted by Crippen LogP contribution is 2.43. The maximum absolute atomic E-state index is 13.0. The number of rotatable bonds is 6. The summed E-state index contributed by atoms with van der Waals surface area (Å²) >= 11 is 7.47. The second kappa shape index (κ2) is 9.71. The Morgan fingerprint density at radius 3 is 2.51 bits per heavy atom. The summed E-state index contributed by atoms with van der Waals surface area (Å²) in [5.74, 6) is -1.16. The molecule has 1 aliphatic rings. The molecule has 0 aromatic carbocycles. The minimum atomic E-state index is -4.50. The van der Waals surface area contributed by atoms with Crippen LogP contribution in [0.5, 0.6) is 0 Å². The molecular weight excluding hydrogens is 505 g/mol. The number of thiazole rings is 1. The molecule has 0 amide bonds. The number of aliphatic carboxylic acids is 1. The molecule has 4 rings (SSSR count). The van der Waals surface area contributed by atoms with Gasteiger partial charge in [0.1, 0.15) is 22.2 Å². The SMILES string of the molecule is CC(O)(c1ncc(-c2cc(Cl)cc(Nc3cc(C(F)(F)F)ccn3)n2)s1)C1CCC(C(=O)O)CC1. The van der Waals surface area contributed by atoms with E-state index in [1.807, 2.05) is 0 Å². The molecular formula is C23H22ClF3N4O3S. The number of hydrogen-bond donors (Lipinski definition) is 3. The monoisotopic (exact) mass is 526 g/mol. The number of aromatic nitrogens is 3. The zero-order valence-electron chi connectivity index (χ0n) is 18.5. The fourth-order valence-electron chi connectivity index (χ4n) is 4.20. The lowest BCUT2D eigenvalue weighted by molar-refractivity contribution is -0.144. The van der Waals surface area contributed by atoms with Gasteiger partial charge in [-0.15, -0.1) is 11.3 Å². The van der Waals surface area contributed by atoms with Gasteiger partial charge in [0.15, 0.2) is 0 Å². The number of pyridine rings is 2. The average molecular weight is 527 g/mol. The molecule has 7 nitrogen and oxygen atoms in total. The van der Waals surface area contributed by atoms with E-state index in [1.165, 1.54) is 17.4 Å². The third-order valence-corrected chi connectivity index (χ3v) is 7.66. The summed E-state index contributed by atoms with van der Waals surface area (Å²) in [7, 11) is 0. The van der Waals surface area contributed by atoms with Crippen LogP contribution in [0.4, 0.5) is 24.8 Å². The Hall–Kier alpha value is -2.76. The van der Waals surface area contributed by atoms with Crippen molar-refractivity contribution in [2.75, 3.05) is 5.32 Å². The number of nitrogens with one attached hydrogen (secondary N) is 1. The van der Waals surface area contributed by atoms with Crippen LogP contribution in [0, 0.1) is 11.8 Å². The molecule has 12 heteroatoms. The number of aliphatic hydroxyl groups is 1. The molecule has 35 heavy (non-hydrogen) atoms. The van der Waals surface area contributed by atoms with Gasteiger partial charge in [0.2, 0.25) is 0 Å². The maximum Gasteiger partial charge on any atom is 0.416 e. The first-order chi connectivity index (χ1) is 16.4. The van der Waals surface area contributed by atoms with E-state index >= 15 is 0 Å². The van der Waals surface area contributed by atoms with E-state index in [4.69, 9.17) is 11.6 Å². The lowest BCUT2D eigenvalue weighted by Crippen LogP contribution is -2.35. The van der Waals surface area contributed by atoms with Crippen molar-refractivity contribution in [1.29, 1.82) is 0 Å². The normalized spacial score (nSPS) is 20.3. The summed E-state index contributed by atoms with van der Waals surface area (Å²) in [6, 6.07) is 4.81. The molecule has 0 bridgehead atoms. The zero-order valence-corrected chi connectivity index (χ0v) is 20.1. The smallest absolute Gasteiger partial charge is 0.416 e. The summed E-state index contributed by atoms with van der Waals surface area (Å²) in [6.45, 7) is 1.68. The number of hydrogen-bond acceptors (Lipinski definition) is 7. The molecule has 0 saturated heterocycles. The zero-order chi connectivity index (χ0) is 25.4. The minimum Gasteiger partial charge on any atom is -0.481 e. The quantitative estimate of drug-likeness (QED) is 0.355. The lowest BCUT2D eigenvalue weighted by Gasteiger charge is -2.35. The minimum absolute atomic E-state index is 0.0366. The van der Waals surface area contributed by atoms with Gasteiger partial charge in [0, 0.05) is 17.4 Å². The number of carboxylic acids is 1. The molecule has 3 heterocycles. The Morgan fingerprint density at radius 1 is 1.14 bits per heavy atom. The van der Waals surface area contributed by atoms with Gasteiger partial charge in [-0.05, 0) is 62.8 Å². The highest BCUT2D eigenvalue weighted by molar-refractivity contribution is 7.15. The lowest BCUT2D eigenvalue weighted by atomic mass is 9.74. The predicted molar refractivity (Wildman–Crippen MR) is 126 cm³/mol. The molecule has 1 saturated carbocycles. The Kier molecular flexibility index (Phi) is 7.03. The van der Waals surface area contributed by atoms with Crippen LogP contribution >= 0.6 is 22.9 Å². The van der Waals surface area contributed by atoms with Crippen LogP contribution in [0.15, 0.2) is 36.7 Å². The molecule has 3 N–H and O–H groups in total. The predicted octanol–water partition coefficient (Wildman–Crippen LogP) is 6.11. The van der Waals surface area contributed by atoms with Crippen LogP contribution in [0.1, 0.15) is 43.2 Å². The van der Waals surface area contributed by atoms with Gasteiger partial charge in [-0.25, -0.2) is 15.0 Å². The molecule has 1 fully saturated rings. The van der Waals surface area contributed by atoms with Gasteiger partial charge in [-0.3, -0.25) is 4.79 Å². The van der Waals surface area contributed by atoms with Crippen molar-refractivity contribution in [2.24, 2.45) is 11.8 Å². The first-order valence-electron chi connectivity index (χ1n) is 10.8. The van der Waals surface area contributed by atoms with Gasteiger partial charge in [-0.1, -0.05) is 11.6 Å². The summed E-state index contributed by atoms with van der Waals surface area (Å²) in [4.78, 5) is 24.6. The second-order valence-corrected chi connectivity index (χ2v) is 10.1. The number of nitrogens with zero attached hydrogens (tertiary/aromatic N) is 3. The largest absolute Gasteiger partial charge is 0.481 e. The van der Waals surface area contributed by atoms with Crippen molar-refractivity contribution in [3.05, 3.63) is 52.3 Å². The number of anilines is 2. The van der Waals surface area contributed by atoms with Crippen LogP contribution < -0.4 is 5.32 Å². The van der Waals surface area contributed by atoms with E-state index in [0.717, 1.165) is 18.3 Å². The van der Waals surface area contributed by atoms with Crippen LogP contribution in [0.25, 0.3) is 10.6 Å². The number of carbonyl (C=O) groups is 1. The molecule has 0 radical (unpaired) electrons. The Balaban J connectivity index is 1.54. The van der Waals surface area contributed by atoms with E-state index in [2.05, 4.69) is 20.3 Å². The van der Waals surface area contributed by atoms with Crippen LogP contribution in [-0.2, 0) is 16.6 Å². The molecule has 3 aromatic rings. The topological polar surface area (TPSA) is 108 Å². The molecule has 0 spiro atoms.